The van der Waals surface area contributed by atoms with Gasteiger partial charge in [-0.3, -0.25) is 4.98 Å². The van der Waals surface area contributed by atoms with Gasteiger partial charge >= 0.3 is 0 Å². The van der Waals surface area contributed by atoms with Crippen molar-refractivity contribution in [3.63, 3.8) is 0 Å². The maximum Gasteiger partial charge on any atom is 0.141 e. The van der Waals surface area contributed by atoms with Gasteiger partial charge in [-0.2, -0.15) is 0 Å². The van der Waals surface area contributed by atoms with Crippen LogP contribution in [0.3, 0.4) is 0 Å². The zero-order chi connectivity index (χ0) is 20.7. The molecule has 5 rings (SSSR count). The Kier molecular flexibility index (Phi) is 4.63. The zero-order valence-electron chi connectivity index (χ0n) is 17.6. The maximum absolute atomic E-state index is 6.42. The molecule has 2 nitrogen and oxygen atoms in total. The van der Waals surface area contributed by atoms with E-state index in [2.05, 4.69) is 81.5 Å². The van der Waals surface area contributed by atoms with Crippen LogP contribution in [-0.4, -0.2) is 4.98 Å². The molecule has 2 aromatic heterocycles. The van der Waals surface area contributed by atoms with Gasteiger partial charge in [-0.05, 0) is 62.1 Å². The van der Waals surface area contributed by atoms with Crippen LogP contribution in [0.15, 0.2) is 82.9 Å². The Balaban J connectivity index is 1.82. The molecule has 1 aliphatic carbocycles. The Morgan fingerprint density at radius 2 is 1.87 bits per heavy atom. The summed E-state index contributed by atoms with van der Waals surface area (Å²) < 4.78 is 6.42. The van der Waals surface area contributed by atoms with E-state index in [1.54, 1.807) is 0 Å². The molecule has 30 heavy (non-hydrogen) atoms. The summed E-state index contributed by atoms with van der Waals surface area (Å²) in [5.41, 5.74) is 9.12. The lowest BCUT2D eigenvalue weighted by Crippen LogP contribution is -2.31. The first-order chi connectivity index (χ1) is 14.7. The highest BCUT2D eigenvalue weighted by Crippen LogP contribution is 2.33. The SMILES string of the molecule is CC=C(C)C1CC=c2c(oc3ccccc23)=C1c1cc(-c2ccccc2C)ccn1. The van der Waals surface area contributed by atoms with Crippen molar-refractivity contribution in [3.05, 3.63) is 100 Å². The number of furan rings is 1. The predicted octanol–water partition coefficient (Wildman–Crippen LogP) is 5.77. The minimum Gasteiger partial charge on any atom is -0.456 e. The smallest absolute Gasteiger partial charge is 0.141 e. The summed E-state index contributed by atoms with van der Waals surface area (Å²) in [6.07, 6.45) is 7.41. The van der Waals surface area contributed by atoms with E-state index in [1.807, 2.05) is 18.3 Å². The number of para-hydroxylation sites is 1. The molecule has 1 aliphatic rings. The first-order valence-electron chi connectivity index (χ1n) is 10.5. The minimum atomic E-state index is 0.266. The highest BCUT2D eigenvalue weighted by atomic mass is 16.3. The maximum atomic E-state index is 6.42. The Labute approximate surface area is 176 Å². The normalized spacial score (nSPS) is 16.4. The van der Waals surface area contributed by atoms with Crippen LogP contribution in [0.25, 0.3) is 33.7 Å². The summed E-state index contributed by atoms with van der Waals surface area (Å²) in [6.45, 7) is 6.47. The molecular weight excluding hydrogens is 366 g/mol. The van der Waals surface area contributed by atoms with Gasteiger partial charge in [-0.15, -0.1) is 0 Å². The van der Waals surface area contributed by atoms with Crippen molar-refractivity contribution < 1.29 is 4.42 Å². The molecule has 1 unspecified atom stereocenters. The molecule has 0 bridgehead atoms. The summed E-state index contributed by atoms with van der Waals surface area (Å²) in [5.74, 6) is 0.266. The highest BCUT2D eigenvalue weighted by Gasteiger charge is 2.25. The van der Waals surface area contributed by atoms with Crippen molar-refractivity contribution in [2.24, 2.45) is 5.92 Å². The standard InChI is InChI=1S/C28H25NO/c1-4-18(2)22-13-14-24-23-11-7-8-12-26(23)30-28(24)27(22)25-17-20(15-16-29-25)21-10-6-5-9-19(21)3/h4-12,14-17,22H,13H2,1-3H3. The predicted molar refractivity (Wildman–Crippen MR) is 124 cm³/mol. The number of nitrogens with zero attached hydrogens (tertiary/aromatic N) is 1. The van der Waals surface area contributed by atoms with Gasteiger partial charge in [0.2, 0.25) is 0 Å². The van der Waals surface area contributed by atoms with Crippen molar-refractivity contribution >= 4 is 22.6 Å². The summed E-state index contributed by atoms with van der Waals surface area (Å²) >= 11 is 0. The molecule has 148 valence electrons. The topological polar surface area (TPSA) is 26.0 Å². The lowest BCUT2D eigenvalue weighted by molar-refractivity contribution is 0.560. The second-order valence-electron chi connectivity index (χ2n) is 8.02. The third kappa shape index (κ3) is 3.00. The van der Waals surface area contributed by atoms with Crippen molar-refractivity contribution in [3.8, 4) is 11.1 Å². The Morgan fingerprint density at radius 3 is 2.70 bits per heavy atom. The monoisotopic (exact) mass is 391 g/mol. The van der Waals surface area contributed by atoms with Crippen LogP contribution in [0.5, 0.6) is 0 Å². The largest absolute Gasteiger partial charge is 0.456 e. The van der Waals surface area contributed by atoms with Gasteiger partial charge in [0.15, 0.2) is 0 Å². The van der Waals surface area contributed by atoms with Gasteiger partial charge in [0.25, 0.3) is 0 Å². The molecule has 2 aromatic carbocycles. The van der Waals surface area contributed by atoms with E-state index in [4.69, 9.17) is 9.40 Å². The molecular formula is C28H25NO. The van der Waals surface area contributed by atoms with E-state index in [1.165, 1.54) is 38.4 Å². The third-order valence-electron chi connectivity index (χ3n) is 6.28. The summed E-state index contributed by atoms with van der Waals surface area (Å²) in [7, 11) is 0. The van der Waals surface area contributed by atoms with Gasteiger partial charge in [0.1, 0.15) is 11.0 Å². The molecule has 0 aliphatic heterocycles. The molecule has 0 fully saturated rings. The number of aryl methyl sites for hydroxylation is 1. The summed E-state index contributed by atoms with van der Waals surface area (Å²) in [5, 5.41) is 2.38. The summed E-state index contributed by atoms with van der Waals surface area (Å²) in [4.78, 5) is 4.82. The van der Waals surface area contributed by atoms with Crippen LogP contribution in [-0.2, 0) is 0 Å². The minimum absolute atomic E-state index is 0.266. The molecule has 0 N–H and O–H groups in total. The first-order valence-corrected chi connectivity index (χ1v) is 10.5. The fraction of sp³-hybridized carbons (Fsp3) is 0.179. The molecule has 4 aromatic rings. The van der Waals surface area contributed by atoms with Crippen LogP contribution < -0.4 is 10.6 Å². The second-order valence-corrected chi connectivity index (χ2v) is 8.02. The number of allylic oxidation sites excluding steroid dienone is 2. The summed E-state index contributed by atoms with van der Waals surface area (Å²) in [6, 6.07) is 21.1. The Bertz CT molecular complexity index is 1400. The second kappa shape index (κ2) is 7.46. The van der Waals surface area contributed by atoms with Crippen LogP contribution in [0.4, 0.5) is 0 Å². The van der Waals surface area contributed by atoms with Crippen molar-refractivity contribution in [1.29, 1.82) is 0 Å². The molecule has 0 amide bonds. The molecule has 2 heterocycles. The van der Waals surface area contributed by atoms with E-state index in [9.17, 15) is 0 Å². The van der Waals surface area contributed by atoms with Crippen molar-refractivity contribution in [2.45, 2.75) is 27.2 Å². The Hall–Kier alpha value is -3.39. The lowest BCUT2D eigenvalue weighted by Gasteiger charge is -2.22. The average molecular weight is 392 g/mol. The highest BCUT2D eigenvalue weighted by molar-refractivity contribution is 5.83. The van der Waals surface area contributed by atoms with Gasteiger partial charge in [-0.1, -0.05) is 60.2 Å². The number of rotatable bonds is 3. The first kappa shape index (κ1) is 18.6. The fourth-order valence-electron chi connectivity index (χ4n) is 4.53. The van der Waals surface area contributed by atoms with Crippen LogP contribution in [0.1, 0.15) is 31.5 Å². The van der Waals surface area contributed by atoms with Crippen molar-refractivity contribution in [1.82, 2.24) is 4.98 Å². The molecule has 2 heteroatoms. The van der Waals surface area contributed by atoms with E-state index < -0.39 is 0 Å². The van der Waals surface area contributed by atoms with Crippen LogP contribution in [0.2, 0.25) is 0 Å². The van der Waals surface area contributed by atoms with E-state index >= 15 is 0 Å². The fourth-order valence-corrected chi connectivity index (χ4v) is 4.53. The molecule has 0 spiro atoms. The van der Waals surface area contributed by atoms with Crippen molar-refractivity contribution in [2.75, 3.05) is 0 Å². The molecule has 0 saturated carbocycles. The quantitative estimate of drug-likeness (QED) is 0.415. The van der Waals surface area contributed by atoms with Gasteiger partial charge in [0.05, 0.1) is 5.69 Å². The number of hydrogen-bond donors (Lipinski definition) is 0. The van der Waals surface area contributed by atoms with E-state index in [0.29, 0.717) is 0 Å². The number of fused-ring (bicyclic) bond motifs is 3. The number of pyridine rings is 1. The van der Waals surface area contributed by atoms with Gasteiger partial charge in [0, 0.05) is 28.3 Å². The van der Waals surface area contributed by atoms with E-state index in [0.717, 1.165) is 23.1 Å². The number of hydrogen-bond acceptors (Lipinski definition) is 2. The van der Waals surface area contributed by atoms with Gasteiger partial charge in [-0.25, -0.2) is 0 Å². The molecule has 1 atom stereocenters. The van der Waals surface area contributed by atoms with Crippen LogP contribution >= 0.6 is 0 Å². The number of benzene rings is 2. The van der Waals surface area contributed by atoms with E-state index in [-0.39, 0.29) is 5.92 Å². The van der Waals surface area contributed by atoms with Crippen LogP contribution in [0, 0.1) is 12.8 Å². The number of aromatic nitrogens is 1. The van der Waals surface area contributed by atoms with Gasteiger partial charge < -0.3 is 4.42 Å². The Morgan fingerprint density at radius 1 is 1.07 bits per heavy atom. The average Bonchev–Trinajstić information content (AvgIpc) is 3.17. The third-order valence-corrected chi connectivity index (χ3v) is 6.28. The lowest BCUT2D eigenvalue weighted by atomic mass is 9.83. The zero-order valence-corrected chi connectivity index (χ0v) is 17.6. The molecule has 0 radical (unpaired) electrons. The molecule has 0 saturated heterocycles.